The van der Waals surface area contributed by atoms with E-state index in [2.05, 4.69) is 15.0 Å². The first-order chi connectivity index (χ1) is 16.6. The number of aryl methyl sites for hydroxylation is 1. The molecule has 0 saturated carbocycles. The Morgan fingerprint density at radius 3 is 2.56 bits per heavy atom. The molecule has 0 unspecified atom stereocenters. The molecule has 2 heterocycles. The third-order valence-electron chi connectivity index (χ3n) is 6.02. The fourth-order valence-corrected chi connectivity index (χ4v) is 4.12. The molecule has 6 heteroatoms. The highest BCUT2D eigenvalue weighted by atomic mass is 19.1. The zero-order valence-corrected chi connectivity index (χ0v) is 18.7. The van der Waals surface area contributed by atoms with Crippen LogP contribution in [0.4, 0.5) is 10.1 Å². The monoisotopic (exact) mass is 450 g/mol. The van der Waals surface area contributed by atoms with Crippen molar-refractivity contribution in [3.63, 3.8) is 0 Å². The summed E-state index contributed by atoms with van der Waals surface area (Å²) in [6, 6.07) is 20.3. The molecule has 1 N–H and O–H groups in total. The molecule has 1 amide bonds. The number of halogens is 1. The minimum absolute atomic E-state index is 0.0869. The van der Waals surface area contributed by atoms with Crippen molar-refractivity contribution in [1.82, 2.24) is 15.0 Å². The van der Waals surface area contributed by atoms with E-state index in [1.807, 2.05) is 55.5 Å². The van der Waals surface area contributed by atoms with E-state index in [0.717, 1.165) is 44.4 Å². The number of pyridine rings is 1. The van der Waals surface area contributed by atoms with Gasteiger partial charge < -0.3 is 9.88 Å². The minimum atomic E-state index is -0.319. The Labute approximate surface area is 196 Å². The molecule has 0 aliphatic heterocycles. The number of carbonyl (C=O) groups excluding carboxylic acids is 1. The molecule has 0 spiro atoms. The summed E-state index contributed by atoms with van der Waals surface area (Å²) in [7, 11) is 0. The van der Waals surface area contributed by atoms with Crippen molar-refractivity contribution in [2.75, 3.05) is 4.90 Å². The summed E-state index contributed by atoms with van der Waals surface area (Å²) in [5.41, 5.74) is 5.16. The molecule has 5 nitrogen and oxygen atoms in total. The molecule has 0 aliphatic carbocycles. The van der Waals surface area contributed by atoms with Crippen molar-refractivity contribution < 1.29 is 9.18 Å². The second-order valence-electron chi connectivity index (χ2n) is 8.26. The fraction of sp³-hybridized carbons (Fsp3) is 0.107. The largest absolute Gasteiger partial charge is 0.345 e. The van der Waals surface area contributed by atoms with Crippen molar-refractivity contribution in [1.29, 1.82) is 0 Å². The maximum absolute atomic E-state index is 14.0. The summed E-state index contributed by atoms with van der Waals surface area (Å²) in [6.07, 6.45) is 7.11. The SMILES string of the molecule is Cc1ccc(F)cc1CN(C(=O)Cc1cncc2ccccc12)c1ccc(-c2cnc[nH]2)cc1. The molecule has 0 aliphatic rings. The first kappa shape index (κ1) is 21.5. The summed E-state index contributed by atoms with van der Waals surface area (Å²) in [6.45, 7) is 2.19. The van der Waals surface area contributed by atoms with Gasteiger partial charge in [-0.2, -0.15) is 0 Å². The average Bonchev–Trinajstić information content (AvgIpc) is 3.40. The molecular weight excluding hydrogens is 427 g/mol. The van der Waals surface area contributed by atoms with Gasteiger partial charge in [0.15, 0.2) is 0 Å². The summed E-state index contributed by atoms with van der Waals surface area (Å²) in [4.78, 5) is 26.8. The van der Waals surface area contributed by atoms with E-state index in [1.54, 1.807) is 35.9 Å². The topological polar surface area (TPSA) is 61.9 Å². The number of rotatable bonds is 6. The highest BCUT2D eigenvalue weighted by molar-refractivity contribution is 5.97. The molecule has 0 radical (unpaired) electrons. The highest BCUT2D eigenvalue weighted by Crippen LogP contribution is 2.26. The van der Waals surface area contributed by atoms with E-state index in [-0.39, 0.29) is 24.7 Å². The van der Waals surface area contributed by atoms with Gasteiger partial charge in [-0.1, -0.05) is 42.5 Å². The van der Waals surface area contributed by atoms with Crippen LogP contribution in [0, 0.1) is 12.7 Å². The number of nitrogens with one attached hydrogen (secondary N) is 1. The Hall–Kier alpha value is -4.32. The maximum atomic E-state index is 14.0. The number of imidazole rings is 1. The van der Waals surface area contributed by atoms with Crippen LogP contribution in [-0.2, 0) is 17.8 Å². The highest BCUT2D eigenvalue weighted by Gasteiger charge is 2.19. The van der Waals surface area contributed by atoms with E-state index in [9.17, 15) is 9.18 Å². The first-order valence-corrected chi connectivity index (χ1v) is 11.0. The van der Waals surface area contributed by atoms with Crippen molar-refractivity contribution >= 4 is 22.4 Å². The number of fused-ring (bicyclic) bond motifs is 1. The van der Waals surface area contributed by atoms with Gasteiger partial charge in [0.2, 0.25) is 5.91 Å². The van der Waals surface area contributed by atoms with Crippen molar-refractivity contribution in [2.24, 2.45) is 0 Å². The summed E-state index contributed by atoms with van der Waals surface area (Å²) >= 11 is 0. The number of anilines is 1. The Morgan fingerprint density at radius 2 is 1.76 bits per heavy atom. The van der Waals surface area contributed by atoms with Crippen LogP contribution in [0.5, 0.6) is 0 Å². The van der Waals surface area contributed by atoms with Gasteiger partial charge in [0.1, 0.15) is 5.82 Å². The quantitative estimate of drug-likeness (QED) is 0.353. The van der Waals surface area contributed by atoms with Crippen molar-refractivity contribution in [2.45, 2.75) is 19.9 Å². The summed E-state index contributed by atoms with van der Waals surface area (Å²) in [5.74, 6) is -0.406. The van der Waals surface area contributed by atoms with Crippen LogP contribution >= 0.6 is 0 Å². The van der Waals surface area contributed by atoms with E-state index in [0.29, 0.717) is 0 Å². The minimum Gasteiger partial charge on any atom is -0.345 e. The molecule has 168 valence electrons. The fourth-order valence-electron chi connectivity index (χ4n) is 4.12. The zero-order chi connectivity index (χ0) is 23.5. The van der Waals surface area contributed by atoms with E-state index < -0.39 is 0 Å². The Morgan fingerprint density at radius 1 is 0.941 bits per heavy atom. The predicted octanol–water partition coefficient (Wildman–Crippen LogP) is 5.85. The number of H-pyrrole nitrogens is 1. The molecule has 3 aromatic carbocycles. The number of hydrogen-bond donors (Lipinski definition) is 1. The lowest BCUT2D eigenvalue weighted by molar-refractivity contribution is -0.118. The molecule has 0 atom stereocenters. The molecule has 2 aromatic heterocycles. The van der Waals surface area contributed by atoms with Gasteiger partial charge in [0, 0.05) is 23.5 Å². The molecule has 5 rings (SSSR count). The van der Waals surface area contributed by atoms with Crippen LogP contribution in [0.25, 0.3) is 22.0 Å². The first-order valence-electron chi connectivity index (χ1n) is 11.0. The Kier molecular flexibility index (Phi) is 5.87. The summed E-state index contributed by atoms with van der Waals surface area (Å²) in [5, 5.41) is 1.99. The van der Waals surface area contributed by atoms with E-state index in [4.69, 9.17) is 0 Å². The molecule has 0 saturated heterocycles. The Bertz CT molecular complexity index is 1440. The predicted molar refractivity (Wildman–Crippen MR) is 132 cm³/mol. The molecular formula is C28H23FN4O. The standard InChI is InChI=1S/C28H23FN4O/c1-19-6-9-24(29)12-23(19)17-33(25-10-7-20(8-11-25)27-16-31-18-32-27)28(34)13-22-15-30-14-21-4-2-3-5-26(21)22/h2-12,14-16,18H,13,17H2,1H3,(H,31,32). The maximum Gasteiger partial charge on any atom is 0.231 e. The number of hydrogen-bond acceptors (Lipinski definition) is 3. The van der Waals surface area contributed by atoms with Gasteiger partial charge >= 0.3 is 0 Å². The third kappa shape index (κ3) is 4.43. The van der Waals surface area contributed by atoms with E-state index >= 15 is 0 Å². The molecule has 5 aromatic rings. The molecule has 0 bridgehead atoms. The molecule has 0 fully saturated rings. The van der Waals surface area contributed by atoms with Crippen LogP contribution < -0.4 is 4.90 Å². The third-order valence-corrected chi connectivity index (χ3v) is 6.02. The Balaban J connectivity index is 1.50. The van der Waals surface area contributed by atoms with Crippen molar-refractivity contribution in [3.8, 4) is 11.3 Å². The lowest BCUT2D eigenvalue weighted by Gasteiger charge is -2.24. The average molecular weight is 451 g/mol. The summed E-state index contributed by atoms with van der Waals surface area (Å²) < 4.78 is 14.0. The van der Waals surface area contributed by atoms with Crippen molar-refractivity contribution in [3.05, 3.63) is 114 Å². The van der Waals surface area contributed by atoms with Crippen LogP contribution in [0.1, 0.15) is 16.7 Å². The van der Waals surface area contributed by atoms with Gasteiger partial charge in [-0.05, 0) is 58.8 Å². The normalized spacial score (nSPS) is 11.0. The smallest absolute Gasteiger partial charge is 0.231 e. The molecule has 34 heavy (non-hydrogen) atoms. The van der Waals surface area contributed by atoms with Crippen LogP contribution in [-0.4, -0.2) is 20.9 Å². The number of aromatic amines is 1. The number of aromatic nitrogens is 3. The van der Waals surface area contributed by atoms with Gasteiger partial charge in [0.05, 0.1) is 31.2 Å². The number of benzene rings is 3. The van der Waals surface area contributed by atoms with E-state index in [1.165, 1.54) is 12.1 Å². The van der Waals surface area contributed by atoms with Crippen LogP contribution in [0.15, 0.2) is 91.6 Å². The van der Waals surface area contributed by atoms with Gasteiger partial charge in [-0.25, -0.2) is 9.37 Å². The van der Waals surface area contributed by atoms with Gasteiger partial charge in [0.25, 0.3) is 0 Å². The lowest BCUT2D eigenvalue weighted by Crippen LogP contribution is -2.32. The van der Waals surface area contributed by atoms with Crippen LogP contribution in [0.2, 0.25) is 0 Å². The number of carbonyl (C=O) groups is 1. The van der Waals surface area contributed by atoms with Gasteiger partial charge in [-0.15, -0.1) is 0 Å². The second kappa shape index (κ2) is 9.27. The number of amides is 1. The second-order valence-corrected chi connectivity index (χ2v) is 8.26. The van der Waals surface area contributed by atoms with Crippen LogP contribution in [0.3, 0.4) is 0 Å². The zero-order valence-electron chi connectivity index (χ0n) is 18.7. The number of nitrogens with zero attached hydrogens (tertiary/aromatic N) is 3. The lowest BCUT2D eigenvalue weighted by atomic mass is 10.0. The van der Waals surface area contributed by atoms with Gasteiger partial charge in [-0.3, -0.25) is 9.78 Å².